The van der Waals surface area contributed by atoms with E-state index in [0.29, 0.717) is 6.42 Å². The first-order valence-electron chi connectivity index (χ1n) is 7.05. The predicted octanol–water partition coefficient (Wildman–Crippen LogP) is 1.38. The predicted molar refractivity (Wildman–Crippen MR) is 81.2 cm³/mol. The molecular formula is C15H21NO4S. The Bertz CT molecular complexity index is 625. The molecule has 1 amide bonds. The Hall–Kier alpha value is -1.56. The summed E-state index contributed by atoms with van der Waals surface area (Å²) in [5, 5.41) is 2.75. The van der Waals surface area contributed by atoms with Gasteiger partial charge in [-0.1, -0.05) is 12.1 Å². The number of carbonyl (C=O) groups excluding carboxylic acids is 1. The molecule has 1 saturated heterocycles. The molecule has 0 bridgehead atoms. The van der Waals surface area contributed by atoms with E-state index >= 15 is 0 Å². The number of amides is 1. The quantitative estimate of drug-likeness (QED) is 0.891. The molecule has 21 heavy (non-hydrogen) atoms. The van der Waals surface area contributed by atoms with Gasteiger partial charge >= 0.3 is 0 Å². The van der Waals surface area contributed by atoms with E-state index in [-0.39, 0.29) is 36.5 Å². The number of carbonyl (C=O) groups is 1. The third-order valence-electron chi connectivity index (χ3n) is 3.53. The molecule has 6 heteroatoms. The maximum Gasteiger partial charge on any atom is 0.223 e. The van der Waals surface area contributed by atoms with Crippen LogP contribution in [0.15, 0.2) is 18.2 Å². The second-order valence-electron chi connectivity index (χ2n) is 5.53. The number of sulfone groups is 1. The first-order chi connectivity index (χ1) is 9.85. The number of rotatable bonds is 5. The van der Waals surface area contributed by atoms with E-state index in [4.69, 9.17) is 4.74 Å². The van der Waals surface area contributed by atoms with Crippen molar-refractivity contribution in [2.75, 3.05) is 18.1 Å². The van der Waals surface area contributed by atoms with Crippen LogP contribution in [0.1, 0.15) is 24.0 Å². The smallest absolute Gasteiger partial charge is 0.223 e. The summed E-state index contributed by atoms with van der Waals surface area (Å²) in [6.45, 7) is 4.23. The van der Waals surface area contributed by atoms with Gasteiger partial charge in [0.25, 0.3) is 0 Å². The van der Waals surface area contributed by atoms with Crippen LogP contribution in [0.2, 0.25) is 0 Å². The second-order valence-corrected chi connectivity index (χ2v) is 7.76. The SMILES string of the molecule is Cc1ccc(C)c(OCCC(=O)NC2CCS(=O)(=O)C2)c1. The van der Waals surface area contributed by atoms with Gasteiger partial charge in [0.1, 0.15) is 5.75 Å². The third kappa shape index (κ3) is 4.74. The van der Waals surface area contributed by atoms with Crippen LogP contribution in [0.3, 0.4) is 0 Å². The molecule has 1 heterocycles. The zero-order valence-corrected chi connectivity index (χ0v) is 13.2. The minimum Gasteiger partial charge on any atom is -0.493 e. The molecule has 0 aliphatic carbocycles. The van der Waals surface area contributed by atoms with Crippen LogP contribution in [0.5, 0.6) is 5.75 Å². The molecule has 116 valence electrons. The van der Waals surface area contributed by atoms with Gasteiger partial charge < -0.3 is 10.1 Å². The molecule has 1 aliphatic rings. The van der Waals surface area contributed by atoms with Crippen molar-refractivity contribution in [3.8, 4) is 5.75 Å². The van der Waals surface area contributed by atoms with E-state index in [9.17, 15) is 13.2 Å². The zero-order chi connectivity index (χ0) is 15.5. The van der Waals surface area contributed by atoms with Crippen LogP contribution in [0, 0.1) is 13.8 Å². The average Bonchev–Trinajstić information content (AvgIpc) is 2.73. The maximum atomic E-state index is 11.8. The minimum absolute atomic E-state index is 0.0522. The number of ether oxygens (including phenoxy) is 1. The van der Waals surface area contributed by atoms with Crippen LogP contribution in [-0.2, 0) is 14.6 Å². The van der Waals surface area contributed by atoms with E-state index in [2.05, 4.69) is 5.32 Å². The van der Waals surface area contributed by atoms with E-state index < -0.39 is 9.84 Å². The monoisotopic (exact) mass is 311 g/mol. The summed E-state index contributed by atoms with van der Waals surface area (Å²) in [4.78, 5) is 11.8. The molecule has 1 atom stereocenters. The molecule has 1 fully saturated rings. The van der Waals surface area contributed by atoms with Crippen molar-refractivity contribution in [2.45, 2.75) is 32.7 Å². The van der Waals surface area contributed by atoms with Crippen LogP contribution in [-0.4, -0.2) is 38.5 Å². The van der Waals surface area contributed by atoms with Gasteiger partial charge in [-0.05, 0) is 37.5 Å². The van der Waals surface area contributed by atoms with Crippen LogP contribution < -0.4 is 10.1 Å². The Kier molecular flexibility index (Phi) is 4.88. The molecular weight excluding hydrogens is 290 g/mol. The maximum absolute atomic E-state index is 11.8. The van der Waals surface area contributed by atoms with E-state index in [1.807, 2.05) is 32.0 Å². The normalized spacial score (nSPS) is 20.2. The van der Waals surface area contributed by atoms with Gasteiger partial charge in [0, 0.05) is 6.04 Å². The van der Waals surface area contributed by atoms with Crippen LogP contribution in [0.4, 0.5) is 0 Å². The van der Waals surface area contributed by atoms with E-state index in [0.717, 1.165) is 16.9 Å². The van der Waals surface area contributed by atoms with Crippen molar-refractivity contribution in [1.82, 2.24) is 5.32 Å². The largest absolute Gasteiger partial charge is 0.493 e. The summed E-state index contributed by atoms with van der Waals surface area (Å²) in [5.74, 6) is 0.835. The fourth-order valence-electron chi connectivity index (χ4n) is 2.33. The highest BCUT2D eigenvalue weighted by atomic mass is 32.2. The summed E-state index contributed by atoms with van der Waals surface area (Å²) in [6.07, 6.45) is 0.732. The molecule has 5 nitrogen and oxygen atoms in total. The van der Waals surface area contributed by atoms with Crippen molar-refractivity contribution < 1.29 is 17.9 Å². The first kappa shape index (κ1) is 15.8. The summed E-state index contributed by atoms with van der Waals surface area (Å²) in [5.41, 5.74) is 2.14. The van der Waals surface area contributed by atoms with Gasteiger partial charge in [0.15, 0.2) is 9.84 Å². The molecule has 0 spiro atoms. The second kappa shape index (κ2) is 6.47. The van der Waals surface area contributed by atoms with Crippen molar-refractivity contribution in [1.29, 1.82) is 0 Å². The van der Waals surface area contributed by atoms with Crippen LogP contribution >= 0.6 is 0 Å². The lowest BCUT2D eigenvalue weighted by Gasteiger charge is -2.12. The van der Waals surface area contributed by atoms with Crippen molar-refractivity contribution in [2.24, 2.45) is 0 Å². The molecule has 1 N–H and O–H groups in total. The summed E-state index contributed by atoms with van der Waals surface area (Å²) in [7, 11) is -2.96. The number of hydrogen-bond acceptors (Lipinski definition) is 4. The number of aryl methyl sites for hydroxylation is 2. The number of benzene rings is 1. The van der Waals surface area contributed by atoms with Crippen molar-refractivity contribution >= 4 is 15.7 Å². The fraction of sp³-hybridized carbons (Fsp3) is 0.533. The van der Waals surface area contributed by atoms with Crippen LogP contribution in [0.25, 0.3) is 0 Å². The fourth-order valence-corrected chi connectivity index (χ4v) is 4.00. The first-order valence-corrected chi connectivity index (χ1v) is 8.88. The molecule has 0 aromatic heterocycles. The third-order valence-corrected chi connectivity index (χ3v) is 5.30. The summed E-state index contributed by atoms with van der Waals surface area (Å²) < 4.78 is 28.2. The summed E-state index contributed by atoms with van der Waals surface area (Å²) >= 11 is 0. The Morgan fingerprint density at radius 1 is 1.38 bits per heavy atom. The lowest BCUT2D eigenvalue weighted by molar-refractivity contribution is -0.122. The molecule has 2 rings (SSSR count). The van der Waals surface area contributed by atoms with Gasteiger partial charge in [-0.3, -0.25) is 4.79 Å². The Labute approximate surface area is 125 Å². The van der Waals surface area contributed by atoms with E-state index in [1.54, 1.807) is 0 Å². The van der Waals surface area contributed by atoms with Crippen molar-refractivity contribution in [3.63, 3.8) is 0 Å². The van der Waals surface area contributed by atoms with Gasteiger partial charge in [-0.25, -0.2) is 8.42 Å². The van der Waals surface area contributed by atoms with Gasteiger partial charge in [-0.15, -0.1) is 0 Å². The molecule has 1 unspecified atom stereocenters. The molecule has 1 aliphatic heterocycles. The average molecular weight is 311 g/mol. The van der Waals surface area contributed by atoms with Gasteiger partial charge in [-0.2, -0.15) is 0 Å². The number of hydrogen-bond donors (Lipinski definition) is 1. The van der Waals surface area contributed by atoms with Crippen molar-refractivity contribution in [3.05, 3.63) is 29.3 Å². The zero-order valence-electron chi connectivity index (χ0n) is 12.4. The van der Waals surface area contributed by atoms with Gasteiger partial charge in [0.2, 0.25) is 5.91 Å². The highest BCUT2D eigenvalue weighted by Crippen LogP contribution is 2.19. The lowest BCUT2D eigenvalue weighted by Crippen LogP contribution is -2.36. The Morgan fingerprint density at radius 2 is 2.14 bits per heavy atom. The van der Waals surface area contributed by atoms with Gasteiger partial charge in [0.05, 0.1) is 24.5 Å². The summed E-state index contributed by atoms with van der Waals surface area (Å²) in [6, 6.07) is 5.68. The Balaban J connectivity index is 1.76. The molecule has 1 aromatic rings. The highest BCUT2D eigenvalue weighted by molar-refractivity contribution is 7.91. The minimum atomic E-state index is -2.96. The molecule has 0 radical (unpaired) electrons. The van der Waals surface area contributed by atoms with E-state index in [1.165, 1.54) is 0 Å². The standard InChI is InChI=1S/C15H21NO4S/c1-11-3-4-12(2)14(9-11)20-7-5-15(17)16-13-6-8-21(18,19)10-13/h3-4,9,13H,5-8,10H2,1-2H3,(H,16,17). The lowest BCUT2D eigenvalue weighted by atomic mass is 10.1. The number of nitrogens with one attached hydrogen (secondary N) is 1. The highest BCUT2D eigenvalue weighted by Gasteiger charge is 2.28. The molecule has 0 saturated carbocycles. The molecule has 1 aromatic carbocycles. The topological polar surface area (TPSA) is 72.5 Å². The Morgan fingerprint density at radius 3 is 2.81 bits per heavy atom.